The van der Waals surface area contributed by atoms with E-state index in [1.807, 2.05) is 0 Å². The van der Waals surface area contributed by atoms with E-state index in [4.69, 9.17) is 10.8 Å². The molecule has 0 unspecified atom stereocenters. The lowest BCUT2D eigenvalue weighted by Gasteiger charge is -2.09. The maximum atomic E-state index is 10.3. The van der Waals surface area contributed by atoms with Gasteiger partial charge in [-0.25, -0.2) is 4.79 Å². The molecule has 6 nitrogen and oxygen atoms in total. The standard InChI is InChI=1S/C5H10N2O.C2H5NO2/c6-5(8)7-3-1-2-4-7;3-1-2(4)5/h1-4H2,(H2,6,8);1,3H2,(H,4,5). The Hall–Kier alpha value is -1.30. The predicted octanol–water partition coefficient (Wildman–Crippen LogP) is -0.809. The first-order chi connectivity index (χ1) is 6.07. The molecule has 0 bridgehead atoms. The first-order valence-corrected chi connectivity index (χ1v) is 4.04. The van der Waals surface area contributed by atoms with Crippen LogP contribution < -0.4 is 11.5 Å². The molecule has 0 aromatic heterocycles. The highest BCUT2D eigenvalue weighted by Gasteiger charge is 2.13. The summed E-state index contributed by atoms with van der Waals surface area (Å²) in [6, 6.07) is -0.275. The maximum absolute atomic E-state index is 10.3. The van der Waals surface area contributed by atoms with E-state index in [-0.39, 0.29) is 12.6 Å². The minimum Gasteiger partial charge on any atom is -0.480 e. The van der Waals surface area contributed by atoms with E-state index in [9.17, 15) is 9.59 Å². The molecular weight excluding hydrogens is 174 g/mol. The minimum atomic E-state index is -0.968. The van der Waals surface area contributed by atoms with Gasteiger partial charge in [-0.1, -0.05) is 0 Å². The van der Waals surface area contributed by atoms with Crippen LogP contribution in [0.1, 0.15) is 12.8 Å². The van der Waals surface area contributed by atoms with E-state index in [1.54, 1.807) is 4.90 Å². The monoisotopic (exact) mass is 189 g/mol. The Morgan fingerprint density at radius 3 is 1.85 bits per heavy atom. The average molecular weight is 189 g/mol. The van der Waals surface area contributed by atoms with Gasteiger partial charge < -0.3 is 21.5 Å². The van der Waals surface area contributed by atoms with Crippen molar-refractivity contribution in [3.63, 3.8) is 0 Å². The van der Waals surface area contributed by atoms with Crippen LogP contribution in [-0.2, 0) is 4.79 Å². The smallest absolute Gasteiger partial charge is 0.317 e. The molecule has 1 heterocycles. The summed E-state index contributed by atoms with van der Waals surface area (Å²) in [5.41, 5.74) is 9.56. The topological polar surface area (TPSA) is 110 Å². The summed E-state index contributed by atoms with van der Waals surface area (Å²) >= 11 is 0. The minimum absolute atomic E-state index is 0.275. The summed E-state index contributed by atoms with van der Waals surface area (Å²) in [5, 5.41) is 7.60. The molecular formula is C7H15N3O3. The number of carboxylic acid groups (broad SMARTS) is 1. The highest BCUT2D eigenvalue weighted by atomic mass is 16.4. The van der Waals surface area contributed by atoms with Crippen molar-refractivity contribution in [1.29, 1.82) is 0 Å². The van der Waals surface area contributed by atoms with Gasteiger partial charge in [0.15, 0.2) is 0 Å². The second-order valence-electron chi connectivity index (χ2n) is 2.63. The number of carboxylic acids is 1. The fraction of sp³-hybridized carbons (Fsp3) is 0.714. The van der Waals surface area contributed by atoms with Gasteiger partial charge in [-0.05, 0) is 12.8 Å². The Morgan fingerprint density at radius 1 is 1.31 bits per heavy atom. The lowest BCUT2D eigenvalue weighted by molar-refractivity contribution is -0.135. The van der Waals surface area contributed by atoms with Crippen molar-refractivity contribution in [3.05, 3.63) is 0 Å². The molecule has 13 heavy (non-hydrogen) atoms. The molecule has 1 aliphatic rings. The van der Waals surface area contributed by atoms with Crippen LogP contribution in [0.2, 0.25) is 0 Å². The van der Waals surface area contributed by atoms with Gasteiger partial charge >= 0.3 is 12.0 Å². The Balaban J connectivity index is 0.000000252. The Morgan fingerprint density at radius 2 is 1.69 bits per heavy atom. The van der Waals surface area contributed by atoms with Crippen LogP contribution in [0.3, 0.4) is 0 Å². The fourth-order valence-corrected chi connectivity index (χ4v) is 0.938. The predicted molar refractivity (Wildman–Crippen MR) is 47.1 cm³/mol. The van der Waals surface area contributed by atoms with Gasteiger partial charge in [0.2, 0.25) is 0 Å². The van der Waals surface area contributed by atoms with Crippen LogP contribution in [0.15, 0.2) is 0 Å². The largest absolute Gasteiger partial charge is 0.480 e. The van der Waals surface area contributed by atoms with E-state index in [0.717, 1.165) is 25.9 Å². The van der Waals surface area contributed by atoms with Gasteiger partial charge in [0.05, 0.1) is 6.54 Å². The van der Waals surface area contributed by atoms with E-state index in [1.165, 1.54) is 0 Å². The fourth-order valence-electron chi connectivity index (χ4n) is 0.938. The van der Waals surface area contributed by atoms with Crippen LogP contribution in [0.5, 0.6) is 0 Å². The second-order valence-corrected chi connectivity index (χ2v) is 2.63. The van der Waals surface area contributed by atoms with Crippen molar-refractivity contribution >= 4 is 12.0 Å². The third-order valence-electron chi connectivity index (χ3n) is 1.59. The third-order valence-corrected chi connectivity index (χ3v) is 1.59. The van der Waals surface area contributed by atoms with Crippen molar-refractivity contribution in [3.8, 4) is 0 Å². The summed E-state index contributed by atoms with van der Waals surface area (Å²) in [5.74, 6) is -0.968. The number of primary amides is 1. The summed E-state index contributed by atoms with van der Waals surface area (Å²) in [6.45, 7) is 1.44. The number of urea groups is 1. The zero-order valence-corrected chi connectivity index (χ0v) is 7.40. The zero-order chi connectivity index (χ0) is 10.3. The number of carbonyl (C=O) groups excluding carboxylic acids is 1. The summed E-state index contributed by atoms with van der Waals surface area (Å²) in [4.78, 5) is 21.3. The SMILES string of the molecule is NC(=O)N1CCCC1.NCC(=O)O. The van der Waals surface area contributed by atoms with Crippen LogP contribution >= 0.6 is 0 Å². The number of amides is 2. The molecule has 0 radical (unpaired) electrons. The van der Waals surface area contributed by atoms with Crippen molar-refractivity contribution < 1.29 is 14.7 Å². The quantitative estimate of drug-likeness (QED) is 0.501. The number of hydrogen-bond donors (Lipinski definition) is 3. The average Bonchev–Trinajstić information content (AvgIpc) is 2.57. The number of hydrogen-bond acceptors (Lipinski definition) is 3. The van der Waals surface area contributed by atoms with Crippen LogP contribution in [-0.4, -0.2) is 41.6 Å². The summed E-state index contributed by atoms with van der Waals surface area (Å²) in [7, 11) is 0. The number of likely N-dealkylation sites (tertiary alicyclic amines) is 1. The first-order valence-electron chi connectivity index (χ1n) is 4.04. The molecule has 0 aromatic carbocycles. The molecule has 6 heteroatoms. The van der Waals surface area contributed by atoms with Gasteiger partial charge in [-0.15, -0.1) is 0 Å². The molecule has 1 aliphatic heterocycles. The third kappa shape index (κ3) is 5.92. The number of aliphatic carboxylic acids is 1. The molecule has 1 rings (SSSR count). The second kappa shape index (κ2) is 6.24. The number of nitrogens with two attached hydrogens (primary N) is 2. The molecule has 0 aromatic rings. The van der Waals surface area contributed by atoms with E-state index in [2.05, 4.69) is 5.73 Å². The lowest BCUT2D eigenvalue weighted by Crippen LogP contribution is -2.32. The molecule has 0 spiro atoms. The van der Waals surface area contributed by atoms with Crippen LogP contribution in [0, 0.1) is 0 Å². The molecule has 1 fully saturated rings. The van der Waals surface area contributed by atoms with E-state index >= 15 is 0 Å². The van der Waals surface area contributed by atoms with Crippen molar-refractivity contribution in [1.82, 2.24) is 4.90 Å². The van der Waals surface area contributed by atoms with E-state index < -0.39 is 5.97 Å². The first kappa shape index (κ1) is 11.7. The van der Waals surface area contributed by atoms with Gasteiger partial charge in [0, 0.05) is 13.1 Å². The van der Waals surface area contributed by atoms with Gasteiger partial charge in [0.25, 0.3) is 0 Å². The van der Waals surface area contributed by atoms with Crippen molar-refractivity contribution in [2.45, 2.75) is 12.8 Å². The summed E-state index contributed by atoms with van der Waals surface area (Å²) < 4.78 is 0. The van der Waals surface area contributed by atoms with Crippen LogP contribution in [0.25, 0.3) is 0 Å². The molecule has 0 aliphatic carbocycles. The van der Waals surface area contributed by atoms with Crippen molar-refractivity contribution in [2.24, 2.45) is 11.5 Å². The molecule has 2 amide bonds. The Labute approximate surface area is 76.5 Å². The van der Waals surface area contributed by atoms with E-state index in [0.29, 0.717) is 0 Å². The molecule has 5 N–H and O–H groups in total. The highest BCUT2D eigenvalue weighted by molar-refractivity contribution is 5.72. The van der Waals surface area contributed by atoms with Gasteiger partial charge in [-0.3, -0.25) is 4.79 Å². The normalized spacial score (nSPS) is 14.7. The lowest BCUT2D eigenvalue weighted by atomic mass is 10.4. The van der Waals surface area contributed by atoms with Gasteiger partial charge in [0.1, 0.15) is 0 Å². The van der Waals surface area contributed by atoms with Gasteiger partial charge in [-0.2, -0.15) is 0 Å². The molecule has 0 atom stereocenters. The number of nitrogens with zero attached hydrogens (tertiary/aromatic N) is 1. The number of rotatable bonds is 1. The number of carbonyl (C=O) groups is 2. The summed E-state index contributed by atoms with van der Waals surface area (Å²) in [6.07, 6.45) is 2.23. The Kier molecular flexibility index (Phi) is 5.62. The Bertz CT molecular complexity index is 178. The van der Waals surface area contributed by atoms with Crippen LogP contribution in [0.4, 0.5) is 4.79 Å². The maximum Gasteiger partial charge on any atom is 0.317 e. The molecule has 0 saturated carbocycles. The van der Waals surface area contributed by atoms with Crippen molar-refractivity contribution in [2.75, 3.05) is 19.6 Å². The highest BCUT2D eigenvalue weighted by Crippen LogP contribution is 2.05. The molecule has 1 saturated heterocycles. The zero-order valence-electron chi connectivity index (χ0n) is 7.40. The molecule has 76 valence electrons.